The molecule has 0 spiro atoms. The molecule has 1 aromatic rings. The molecule has 1 aromatic carbocycles. The molecule has 4 N–H and O–H groups in total. The van der Waals surface area contributed by atoms with Crippen molar-refractivity contribution < 1.29 is 20.1 Å². The molecule has 1 saturated heterocycles. The Kier molecular flexibility index (Phi) is 4.09. The van der Waals surface area contributed by atoms with Gasteiger partial charge in [-0.05, 0) is 5.56 Å². The normalized spacial score (nSPS) is 32.9. The molecule has 5 nitrogen and oxygen atoms in total. The molecule has 94 valence electrons. The van der Waals surface area contributed by atoms with Crippen LogP contribution >= 0.6 is 0 Å². The van der Waals surface area contributed by atoms with Crippen molar-refractivity contribution in [1.82, 2.24) is 5.32 Å². The summed E-state index contributed by atoms with van der Waals surface area (Å²) in [5, 5.41) is 31.2. The zero-order valence-electron chi connectivity index (χ0n) is 9.36. The quantitative estimate of drug-likeness (QED) is 0.554. The average Bonchev–Trinajstić information content (AvgIpc) is 2.64. The number of rotatable bonds is 4. The fraction of sp³-hybridized carbons (Fsp3) is 0.500. The maximum atomic E-state index is 9.69. The van der Waals surface area contributed by atoms with Gasteiger partial charge in [0.25, 0.3) is 0 Å². The van der Waals surface area contributed by atoms with Crippen molar-refractivity contribution in [2.24, 2.45) is 0 Å². The van der Waals surface area contributed by atoms with Crippen LogP contribution in [0.3, 0.4) is 0 Å². The third kappa shape index (κ3) is 2.83. The van der Waals surface area contributed by atoms with Crippen molar-refractivity contribution in [3.63, 3.8) is 0 Å². The minimum absolute atomic E-state index is 0.236. The lowest BCUT2D eigenvalue weighted by Crippen LogP contribution is -2.45. The number of ether oxygens (including phenoxy) is 1. The van der Waals surface area contributed by atoms with Gasteiger partial charge in [0.1, 0.15) is 12.2 Å². The first-order valence-corrected chi connectivity index (χ1v) is 5.62. The van der Waals surface area contributed by atoms with Crippen LogP contribution < -0.4 is 5.32 Å². The Hall–Kier alpha value is -0.980. The van der Waals surface area contributed by atoms with E-state index in [1.807, 2.05) is 30.3 Å². The van der Waals surface area contributed by atoms with E-state index >= 15 is 0 Å². The van der Waals surface area contributed by atoms with Gasteiger partial charge in [0.05, 0.1) is 12.6 Å². The SMILES string of the molecule is OC[C@H]1O[C@H](O)[C@@H](O)[C@@H]1NCc1ccccc1. The summed E-state index contributed by atoms with van der Waals surface area (Å²) in [7, 11) is 0. The molecule has 0 aliphatic carbocycles. The predicted octanol–water partition coefficient (Wildman–Crippen LogP) is -0.785. The van der Waals surface area contributed by atoms with Crippen LogP contribution in [0.5, 0.6) is 0 Å². The van der Waals surface area contributed by atoms with Crippen molar-refractivity contribution in [2.75, 3.05) is 6.61 Å². The zero-order valence-corrected chi connectivity index (χ0v) is 9.36. The van der Waals surface area contributed by atoms with Crippen LogP contribution in [0.25, 0.3) is 0 Å². The van der Waals surface area contributed by atoms with E-state index in [0.717, 1.165) is 5.56 Å². The van der Waals surface area contributed by atoms with Crippen molar-refractivity contribution >= 4 is 0 Å². The van der Waals surface area contributed by atoms with Gasteiger partial charge in [0, 0.05) is 6.54 Å². The lowest BCUT2D eigenvalue weighted by molar-refractivity contribution is -0.132. The summed E-state index contributed by atoms with van der Waals surface area (Å²) in [6.07, 6.45) is -2.83. The number of nitrogens with one attached hydrogen (secondary N) is 1. The first kappa shape index (κ1) is 12.5. The molecule has 2 rings (SSSR count). The van der Waals surface area contributed by atoms with Gasteiger partial charge in [-0.15, -0.1) is 0 Å². The molecule has 1 aliphatic heterocycles. The molecule has 0 bridgehead atoms. The van der Waals surface area contributed by atoms with E-state index < -0.39 is 24.5 Å². The Morgan fingerprint density at radius 1 is 1.18 bits per heavy atom. The zero-order chi connectivity index (χ0) is 12.3. The van der Waals surface area contributed by atoms with Crippen molar-refractivity contribution in [1.29, 1.82) is 0 Å². The highest BCUT2D eigenvalue weighted by Crippen LogP contribution is 2.19. The van der Waals surface area contributed by atoms with E-state index in [1.54, 1.807) is 0 Å². The summed E-state index contributed by atoms with van der Waals surface area (Å²) in [5.41, 5.74) is 1.07. The van der Waals surface area contributed by atoms with E-state index in [-0.39, 0.29) is 6.61 Å². The molecule has 1 heterocycles. The van der Waals surface area contributed by atoms with Crippen molar-refractivity contribution in [3.05, 3.63) is 35.9 Å². The number of hydrogen-bond acceptors (Lipinski definition) is 5. The highest BCUT2D eigenvalue weighted by molar-refractivity contribution is 5.14. The first-order valence-electron chi connectivity index (χ1n) is 5.62. The molecule has 17 heavy (non-hydrogen) atoms. The van der Waals surface area contributed by atoms with Crippen LogP contribution in [0.15, 0.2) is 30.3 Å². The Labute approximate surface area is 99.7 Å². The highest BCUT2D eigenvalue weighted by atomic mass is 16.6. The standard InChI is InChI=1S/C12H17NO4/c14-7-9-10(11(15)12(16)17-9)13-6-8-4-2-1-3-5-8/h1-5,9-16H,6-7H2/t9-,10-,11+,12+/m1/s1. The van der Waals surface area contributed by atoms with Crippen LogP contribution in [-0.2, 0) is 11.3 Å². The van der Waals surface area contributed by atoms with Crippen LogP contribution in [-0.4, -0.2) is 46.5 Å². The third-order valence-electron chi connectivity index (χ3n) is 2.94. The van der Waals surface area contributed by atoms with Crippen LogP contribution in [0.4, 0.5) is 0 Å². The largest absolute Gasteiger partial charge is 0.394 e. The van der Waals surface area contributed by atoms with E-state index in [9.17, 15) is 10.2 Å². The number of aliphatic hydroxyl groups excluding tert-OH is 3. The van der Waals surface area contributed by atoms with Gasteiger partial charge in [-0.25, -0.2) is 0 Å². The molecule has 0 aromatic heterocycles. The molecular formula is C12H17NO4. The van der Waals surface area contributed by atoms with Crippen molar-refractivity contribution in [2.45, 2.75) is 31.1 Å². The Morgan fingerprint density at radius 2 is 1.88 bits per heavy atom. The smallest absolute Gasteiger partial charge is 0.182 e. The second-order valence-corrected chi connectivity index (χ2v) is 4.13. The number of benzene rings is 1. The van der Waals surface area contributed by atoms with Gasteiger partial charge in [-0.2, -0.15) is 0 Å². The maximum absolute atomic E-state index is 9.69. The number of hydrogen-bond donors (Lipinski definition) is 4. The molecular weight excluding hydrogens is 222 g/mol. The van der Waals surface area contributed by atoms with Crippen LogP contribution in [0.1, 0.15) is 5.56 Å². The van der Waals surface area contributed by atoms with Gasteiger partial charge in [-0.3, -0.25) is 0 Å². The fourth-order valence-electron chi connectivity index (χ4n) is 1.98. The van der Waals surface area contributed by atoms with Crippen LogP contribution in [0.2, 0.25) is 0 Å². The molecule has 5 heteroatoms. The summed E-state index contributed by atoms with van der Waals surface area (Å²) in [6.45, 7) is 0.315. The molecule has 1 aliphatic rings. The summed E-state index contributed by atoms with van der Waals surface area (Å²) >= 11 is 0. The van der Waals surface area contributed by atoms with Gasteiger partial charge < -0.3 is 25.4 Å². The second-order valence-electron chi connectivity index (χ2n) is 4.13. The lowest BCUT2D eigenvalue weighted by Gasteiger charge is -2.19. The summed E-state index contributed by atoms with van der Waals surface area (Å²) in [6, 6.07) is 9.24. The maximum Gasteiger partial charge on any atom is 0.182 e. The molecule has 0 radical (unpaired) electrons. The summed E-state index contributed by atoms with van der Waals surface area (Å²) in [5.74, 6) is 0. The fourth-order valence-corrected chi connectivity index (χ4v) is 1.98. The molecule has 1 fully saturated rings. The summed E-state index contributed by atoms with van der Waals surface area (Å²) < 4.78 is 5.02. The van der Waals surface area contributed by atoms with Crippen molar-refractivity contribution in [3.8, 4) is 0 Å². The molecule has 4 atom stereocenters. The average molecular weight is 239 g/mol. The Balaban J connectivity index is 1.93. The van der Waals surface area contributed by atoms with E-state index in [4.69, 9.17) is 9.84 Å². The molecule has 0 saturated carbocycles. The first-order chi connectivity index (χ1) is 8.22. The summed E-state index contributed by atoms with van der Waals surface area (Å²) in [4.78, 5) is 0. The minimum atomic E-state index is -1.24. The van der Waals surface area contributed by atoms with E-state index in [0.29, 0.717) is 6.54 Å². The highest BCUT2D eigenvalue weighted by Gasteiger charge is 2.41. The monoisotopic (exact) mass is 239 g/mol. The third-order valence-corrected chi connectivity index (χ3v) is 2.94. The van der Waals surface area contributed by atoms with E-state index in [2.05, 4.69) is 5.32 Å². The van der Waals surface area contributed by atoms with Gasteiger partial charge in [-0.1, -0.05) is 30.3 Å². The second kappa shape index (κ2) is 5.57. The van der Waals surface area contributed by atoms with E-state index in [1.165, 1.54) is 0 Å². The predicted molar refractivity (Wildman–Crippen MR) is 61.0 cm³/mol. The van der Waals surface area contributed by atoms with Gasteiger partial charge in [0.2, 0.25) is 0 Å². The topological polar surface area (TPSA) is 82.0 Å². The number of aliphatic hydroxyl groups is 3. The van der Waals surface area contributed by atoms with Gasteiger partial charge >= 0.3 is 0 Å². The lowest BCUT2D eigenvalue weighted by atomic mass is 10.1. The Bertz CT molecular complexity index is 346. The van der Waals surface area contributed by atoms with Gasteiger partial charge in [0.15, 0.2) is 6.29 Å². The molecule has 0 unspecified atom stereocenters. The minimum Gasteiger partial charge on any atom is -0.394 e. The molecule has 0 amide bonds. The van der Waals surface area contributed by atoms with Crippen LogP contribution in [0, 0.1) is 0 Å². The Morgan fingerprint density at radius 3 is 2.53 bits per heavy atom.